The lowest BCUT2D eigenvalue weighted by molar-refractivity contribution is 0.0765. The van der Waals surface area contributed by atoms with Crippen LogP contribution in [-0.4, -0.2) is 49.6 Å². The third-order valence-corrected chi connectivity index (χ3v) is 8.02. The predicted molar refractivity (Wildman–Crippen MR) is 133 cm³/mol. The molecular weight excluding hydrogens is 424 g/mol. The van der Waals surface area contributed by atoms with Crippen LogP contribution in [0.2, 0.25) is 0 Å². The summed E-state index contributed by atoms with van der Waals surface area (Å²) in [5.41, 5.74) is 4.11. The highest BCUT2D eigenvalue weighted by Gasteiger charge is 2.56. The van der Waals surface area contributed by atoms with E-state index in [9.17, 15) is 9.59 Å². The van der Waals surface area contributed by atoms with E-state index in [-0.39, 0.29) is 17.2 Å². The van der Waals surface area contributed by atoms with Crippen LogP contribution in [0.25, 0.3) is 0 Å². The zero-order valence-electron chi connectivity index (χ0n) is 20.5. The molecule has 2 heterocycles. The van der Waals surface area contributed by atoms with Gasteiger partial charge in [0.15, 0.2) is 0 Å². The van der Waals surface area contributed by atoms with Gasteiger partial charge in [-0.15, -0.1) is 0 Å². The summed E-state index contributed by atoms with van der Waals surface area (Å²) in [7, 11) is 0. The fraction of sp³-hybridized carbons (Fsp3) is 0.517. The summed E-state index contributed by atoms with van der Waals surface area (Å²) in [6.45, 7) is 10.5. The fourth-order valence-corrected chi connectivity index (χ4v) is 5.66. The first-order chi connectivity index (χ1) is 16.3. The van der Waals surface area contributed by atoms with Gasteiger partial charge >= 0.3 is 0 Å². The number of nitrogens with zero attached hydrogens (tertiary/aromatic N) is 1. The van der Waals surface area contributed by atoms with Gasteiger partial charge in [-0.3, -0.25) is 9.59 Å². The first-order valence-electron chi connectivity index (χ1n) is 12.7. The minimum absolute atomic E-state index is 0.00429. The molecule has 5 rings (SSSR count). The van der Waals surface area contributed by atoms with E-state index in [1.807, 2.05) is 29.2 Å². The predicted octanol–water partition coefficient (Wildman–Crippen LogP) is 4.63. The van der Waals surface area contributed by atoms with Crippen molar-refractivity contribution < 1.29 is 14.3 Å². The minimum atomic E-state index is -0.00429. The van der Waals surface area contributed by atoms with Crippen molar-refractivity contribution in [3.63, 3.8) is 0 Å². The number of benzene rings is 2. The van der Waals surface area contributed by atoms with E-state index in [1.165, 1.54) is 11.1 Å². The molecule has 2 saturated heterocycles. The number of nitrogens with one attached hydrogen (secondary N) is 1. The Morgan fingerprint density at radius 2 is 1.50 bits per heavy atom. The Labute approximate surface area is 202 Å². The quantitative estimate of drug-likeness (QED) is 0.708. The summed E-state index contributed by atoms with van der Waals surface area (Å²) in [6, 6.07) is 16.1. The zero-order chi connectivity index (χ0) is 23.9. The van der Waals surface area contributed by atoms with Gasteiger partial charge in [-0.2, -0.15) is 0 Å². The Balaban J connectivity index is 1.08. The molecule has 0 aromatic heterocycles. The number of ether oxygens (including phenoxy) is 1. The topological polar surface area (TPSA) is 58.6 Å². The van der Waals surface area contributed by atoms with Gasteiger partial charge in [-0.05, 0) is 77.3 Å². The van der Waals surface area contributed by atoms with E-state index < -0.39 is 0 Å². The van der Waals surface area contributed by atoms with Gasteiger partial charge in [-0.1, -0.05) is 45.0 Å². The Morgan fingerprint density at radius 1 is 0.912 bits per heavy atom. The first-order valence-corrected chi connectivity index (χ1v) is 12.7. The summed E-state index contributed by atoms with van der Waals surface area (Å²) >= 11 is 0. The average Bonchev–Trinajstić information content (AvgIpc) is 3.30. The van der Waals surface area contributed by atoms with Crippen LogP contribution in [-0.2, 0) is 10.2 Å². The summed E-state index contributed by atoms with van der Waals surface area (Å²) in [5, 5.41) is 3.12. The second-order valence-electron chi connectivity index (χ2n) is 11.2. The van der Waals surface area contributed by atoms with Gasteiger partial charge in [0.25, 0.3) is 11.8 Å². The smallest absolute Gasteiger partial charge is 0.253 e. The van der Waals surface area contributed by atoms with Gasteiger partial charge in [0.2, 0.25) is 0 Å². The number of rotatable bonds is 5. The van der Waals surface area contributed by atoms with Crippen molar-refractivity contribution in [1.29, 1.82) is 0 Å². The molecule has 2 aromatic carbocycles. The number of amides is 2. The largest absolute Gasteiger partial charge is 0.381 e. The number of likely N-dealkylation sites (tertiary alicyclic amines) is 1. The van der Waals surface area contributed by atoms with Gasteiger partial charge in [0.05, 0.1) is 0 Å². The Kier molecular flexibility index (Phi) is 6.24. The molecule has 3 aliphatic rings. The molecule has 2 unspecified atom stereocenters. The molecule has 2 atom stereocenters. The standard InChI is InChI=1S/C29H36N2O3/c1-29(2,3)23-10-8-22(9-11-23)28(33)31-17-25-24(26(25)18-31)16-30-27(32)21-6-4-19(5-7-21)20-12-14-34-15-13-20/h4-11,20,24-26H,12-18H2,1-3H3,(H,30,32). The number of carbonyl (C=O) groups excluding carboxylic acids is 2. The molecule has 0 spiro atoms. The lowest BCUT2D eigenvalue weighted by Gasteiger charge is -2.22. The number of hydrogen-bond donors (Lipinski definition) is 1. The molecule has 1 saturated carbocycles. The van der Waals surface area contributed by atoms with E-state index in [1.54, 1.807) is 0 Å². The molecule has 0 bridgehead atoms. The lowest BCUT2D eigenvalue weighted by atomic mass is 9.86. The fourth-order valence-electron chi connectivity index (χ4n) is 5.66. The highest BCUT2D eigenvalue weighted by Crippen LogP contribution is 2.51. The van der Waals surface area contributed by atoms with Crippen molar-refractivity contribution in [3.8, 4) is 0 Å². The average molecular weight is 461 g/mol. The summed E-state index contributed by atoms with van der Waals surface area (Å²) in [5.74, 6) is 2.16. The van der Waals surface area contributed by atoms with Crippen LogP contribution in [0.1, 0.15) is 71.4 Å². The molecule has 5 heteroatoms. The van der Waals surface area contributed by atoms with Crippen LogP contribution in [0.3, 0.4) is 0 Å². The minimum Gasteiger partial charge on any atom is -0.381 e. The molecule has 1 aliphatic carbocycles. The molecule has 180 valence electrons. The number of carbonyl (C=O) groups is 2. The molecule has 34 heavy (non-hydrogen) atoms. The Hall–Kier alpha value is -2.66. The molecule has 2 aliphatic heterocycles. The van der Waals surface area contributed by atoms with Gasteiger partial charge in [0.1, 0.15) is 0 Å². The third-order valence-electron chi connectivity index (χ3n) is 8.02. The van der Waals surface area contributed by atoms with Crippen LogP contribution >= 0.6 is 0 Å². The van der Waals surface area contributed by atoms with Crippen LogP contribution in [0.15, 0.2) is 48.5 Å². The molecule has 0 radical (unpaired) electrons. The Morgan fingerprint density at radius 3 is 2.09 bits per heavy atom. The molecule has 2 amide bonds. The molecular formula is C29H36N2O3. The van der Waals surface area contributed by atoms with Gasteiger partial charge in [0, 0.05) is 44.0 Å². The molecule has 3 fully saturated rings. The van der Waals surface area contributed by atoms with E-state index in [2.05, 4.69) is 50.4 Å². The van der Waals surface area contributed by atoms with Crippen molar-refractivity contribution in [2.24, 2.45) is 17.8 Å². The van der Waals surface area contributed by atoms with E-state index in [4.69, 9.17) is 4.74 Å². The molecule has 2 aromatic rings. The SMILES string of the molecule is CC(C)(C)c1ccc(C(=O)N2CC3C(CNC(=O)c4ccc(C5CCOCC5)cc4)C3C2)cc1. The van der Waals surface area contributed by atoms with E-state index in [0.717, 1.165) is 50.3 Å². The highest BCUT2D eigenvalue weighted by molar-refractivity contribution is 5.95. The van der Waals surface area contributed by atoms with Crippen molar-refractivity contribution in [2.45, 2.75) is 44.9 Å². The maximum absolute atomic E-state index is 12.9. The number of piperidine rings is 1. The number of fused-ring (bicyclic) bond motifs is 1. The van der Waals surface area contributed by atoms with Gasteiger partial charge < -0.3 is 15.0 Å². The van der Waals surface area contributed by atoms with Crippen LogP contribution < -0.4 is 5.32 Å². The van der Waals surface area contributed by atoms with E-state index >= 15 is 0 Å². The van der Waals surface area contributed by atoms with Crippen LogP contribution in [0.4, 0.5) is 0 Å². The summed E-state index contributed by atoms with van der Waals surface area (Å²) in [4.78, 5) is 27.5. The maximum atomic E-state index is 12.9. The third kappa shape index (κ3) is 4.76. The molecule has 5 nitrogen and oxygen atoms in total. The van der Waals surface area contributed by atoms with Crippen molar-refractivity contribution >= 4 is 11.8 Å². The van der Waals surface area contributed by atoms with Crippen molar-refractivity contribution in [3.05, 3.63) is 70.8 Å². The Bertz CT molecular complexity index is 1020. The highest BCUT2D eigenvalue weighted by atomic mass is 16.5. The lowest BCUT2D eigenvalue weighted by Crippen LogP contribution is -2.34. The monoisotopic (exact) mass is 460 g/mol. The second-order valence-corrected chi connectivity index (χ2v) is 11.2. The van der Waals surface area contributed by atoms with Gasteiger partial charge in [-0.25, -0.2) is 0 Å². The van der Waals surface area contributed by atoms with E-state index in [0.29, 0.717) is 30.2 Å². The maximum Gasteiger partial charge on any atom is 0.253 e. The first kappa shape index (κ1) is 23.1. The number of hydrogen-bond acceptors (Lipinski definition) is 3. The zero-order valence-corrected chi connectivity index (χ0v) is 20.5. The van der Waals surface area contributed by atoms with Crippen LogP contribution in [0, 0.1) is 17.8 Å². The van der Waals surface area contributed by atoms with Crippen molar-refractivity contribution in [1.82, 2.24) is 10.2 Å². The second kappa shape index (κ2) is 9.18. The summed E-state index contributed by atoms with van der Waals surface area (Å²) in [6.07, 6.45) is 2.11. The van der Waals surface area contributed by atoms with Crippen LogP contribution in [0.5, 0.6) is 0 Å². The summed E-state index contributed by atoms with van der Waals surface area (Å²) < 4.78 is 5.45. The molecule has 1 N–H and O–H groups in total. The normalized spacial score (nSPS) is 24.6. The van der Waals surface area contributed by atoms with Crippen molar-refractivity contribution in [2.75, 3.05) is 32.8 Å².